The molecule has 0 aliphatic carbocycles. The summed E-state index contributed by atoms with van der Waals surface area (Å²) in [7, 11) is 0. The van der Waals surface area contributed by atoms with Crippen LogP contribution in [-0.2, 0) is 22.4 Å². The van der Waals surface area contributed by atoms with Crippen LogP contribution in [0, 0.1) is 6.92 Å². The summed E-state index contributed by atoms with van der Waals surface area (Å²) in [6.45, 7) is 4.56. The van der Waals surface area contributed by atoms with Crippen molar-refractivity contribution < 1.29 is 19.0 Å². The maximum absolute atomic E-state index is 12.8. The fourth-order valence-corrected chi connectivity index (χ4v) is 4.61. The lowest BCUT2D eigenvalue weighted by molar-refractivity contribution is -0.193. The van der Waals surface area contributed by atoms with Gasteiger partial charge in [0, 0.05) is 19.0 Å². The SMILES string of the molecule is Cc1cncc(OC2CCOC3(C2)CN(C(=O)Cc2ccc4c(c2)CCCO4)C3)n1. The summed E-state index contributed by atoms with van der Waals surface area (Å²) in [6, 6.07) is 6.11. The summed E-state index contributed by atoms with van der Waals surface area (Å²) in [5.41, 5.74) is 2.80. The second-order valence-electron chi connectivity index (χ2n) is 8.58. The first-order valence-corrected chi connectivity index (χ1v) is 10.7. The Morgan fingerprint density at radius 3 is 3.07 bits per heavy atom. The number of amides is 1. The Morgan fingerprint density at radius 1 is 1.30 bits per heavy atom. The molecular formula is C23H27N3O4. The Labute approximate surface area is 176 Å². The zero-order valence-electron chi connectivity index (χ0n) is 17.3. The molecular weight excluding hydrogens is 382 g/mol. The van der Waals surface area contributed by atoms with E-state index in [4.69, 9.17) is 14.2 Å². The molecule has 7 nitrogen and oxygen atoms in total. The lowest BCUT2D eigenvalue weighted by Gasteiger charge is -2.52. The monoisotopic (exact) mass is 409 g/mol. The summed E-state index contributed by atoms with van der Waals surface area (Å²) < 4.78 is 17.8. The standard InChI is InChI=1S/C23H27N3O4/c1-16-12-24-13-21(25-16)30-19-6-8-29-23(11-19)14-26(15-23)22(27)10-17-4-5-20-18(9-17)3-2-7-28-20/h4-5,9,12-13,19H,2-3,6-8,10-11,14-15H2,1H3. The maximum atomic E-state index is 12.8. The minimum atomic E-state index is -0.292. The van der Waals surface area contributed by atoms with Gasteiger partial charge in [-0.25, -0.2) is 4.98 Å². The molecule has 3 aliphatic heterocycles. The predicted molar refractivity (Wildman–Crippen MR) is 110 cm³/mol. The Kier molecular flexibility index (Phi) is 5.06. The number of likely N-dealkylation sites (tertiary alicyclic amines) is 1. The molecule has 2 saturated heterocycles. The van der Waals surface area contributed by atoms with E-state index in [1.165, 1.54) is 5.56 Å². The summed E-state index contributed by atoms with van der Waals surface area (Å²) in [5.74, 6) is 1.66. The van der Waals surface area contributed by atoms with Gasteiger partial charge in [-0.1, -0.05) is 12.1 Å². The summed E-state index contributed by atoms with van der Waals surface area (Å²) in [5, 5.41) is 0. The van der Waals surface area contributed by atoms with Gasteiger partial charge in [0.05, 0.1) is 44.6 Å². The summed E-state index contributed by atoms with van der Waals surface area (Å²) in [4.78, 5) is 23.2. The average molecular weight is 409 g/mol. The molecule has 1 aromatic heterocycles. The smallest absolute Gasteiger partial charge is 0.232 e. The van der Waals surface area contributed by atoms with Crippen LogP contribution >= 0.6 is 0 Å². The lowest BCUT2D eigenvalue weighted by Crippen LogP contribution is -2.67. The third-order valence-electron chi connectivity index (χ3n) is 6.11. The van der Waals surface area contributed by atoms with Crippen molar-refractivity contribution in [3.8, 4) is 11.6 Å². The van der Waals surface area contributed by atoms with Crippen LogP contribution in [0.25, 0.3) is 0 Å². The zero-order valence-corrected chi connectivity index (χ0v) is 17.3. The van der Waals surface area contributed by atoms with Gasteiger partial charge in [0.25, 0.3) is 0 Å². The van der Waals surface area contributed by atoms with Crippen molar-refractivity contribution in [2.45, 2.75) is 50.7 Å². The molecule has 1 aromatic carbocycles. The number of nitrogens with zero attached hydrogens (tertiary/aromatic N) is 3. The van der Waals surface area contributed by atoms with E-state index >= 15 is 0 Å². The molecule has 2 aromatic rings. The van der Waals surface area contributed by atoms with Crippen LogP contribution in [0.5, 0.6) is 11.6 Å². The number of carbonyl (C=O) groups is 1. The van der Waals surface area contributed by atoms with Crippen molar-refractivity contribution in [2.75, 3.05) is 26.3 Å². The molecule has 0 radical (unpaired) electrons. The Balaban J connectivity index is 1.16. The van der Waals surface area contributed by atoms with Gasteiger partial charge in [0.1, 0.15) is 17.5 Å². The van der Waals surface area contributed by atoms with E-state index < -0.39 is 0 Å². The third-order valence-corrected chi connectivity index (χ3v) is 6.11. The highest BCUT2D eigenvalue weighted by molar-refractivity contribution is 5.80. The van der Waals surface area contributed by atoms with Crippen molar-refractivity contribution in [1.82, 2.24) is 14.9 Å². The van der Waals surface area contributed by atoms with E-state index in [1.54, 1.807) is 12.4 Å². The van der Waals surface area contributed by atoms with Crippen molar-refractivity contribution in [2.24, 2.45) is 0 Å². The summed E-state index contributed by atoms with van der Waals surface area (Å²) >= 11 is 0. The van der Waals surface area contributed by atoms with Gasteiger partial charge in [0.2, 0.25) is 11.8 Å². The number of fused-ring (bicyclic) bond motifs is 1. The highest BCUT2D eigenvalue weighted by Crippen LogP contribution is 2.36. The zero-order chi connectivity index (χ0) is 20.6. The van der Waals surface area contributed by atoms with Crippen LogP contribution in [0.1, 0.15) is 36.1 Å². The second kappa shape index (κ2) is 7.87. The minimum Gasteiger partial charge on any atom is -0.493 e. The fourth-order valence-electron chi connectivity index (χ4n) is 4.61. The van der Waals surface area contributed by atoms with Crippen molar-refractivity contribution in [1.29, 1.82) is 0 Å². The van der Waals surface area contributed by atoms with E-state index in [0.717, 1.165) is 49.3 Å². The van der Waals surface area contributed by atoms with Gasteiger partial charge in [-0.3, -0.25) is 9.78 Å². The van der Waals surface area contributed by atoms with Gasteiger partial charge in [-0.05, 0) is 37.0 Å². The second-order valence-corrected chi connectivity index (χ2v) is 8.58. The van der Waals surface area contributed by atoms with Crippen LogP contribution in [0.3, 0.4) is 0 Å². The van der Waals surface area contributed by atoms with Crippen LogP contribution in [0.4, 0.5) is 0 Å². The van der Waals surface area contributed by atoms with Gasteiger partial charge >= 0.3 is 0 Å². The quantitative estimate of drug-likeness (QED) is 0.773. The van der Waals surface area contributed by atoms with Crippen LogP contribution in [0.2, 0.25) is 0 Å². The highest BCUT2D eigenvalue weighted by Gasteiger charge is 2.49. The van der Waals surface area contributed by atoms with E-state index in [-0.39, 0.29) is 17.6 Å². The van der Waals surface area contributed by atoms with Crippen molar-refractivity contribution >= 4 is 5.91 Å². The van der Waals surface area contributed by atoms with Crippen molar-refractivity contribution in [3.63, 3.8) is 0 Å². The first kappa shape index (κ1) is 19.3. The van der Waals surface area contributed by atoms with Gasteiger partial charge in [-0.15, -0.1) is 0 Å². The third kappa shape index (κ3) is 3.99. The first-order valence-electron chi connectivity index (χ1n) is 10.7. The molecule has 1 unspecified atom stereocenters. The van der Waals surface area contributed by atoms with E-state index in [2.05, 4.69) is 16.0 Å². The first-order chi connectivity index (χ1) is 14.6. The normalized spacial score (nSPS) is 22.0. The molecule has 3 aliphatic rings. The number of aromatic nitrogens is 2. The van der Waals surface area contributed by atoms with Crippen LogP contribution < -0.4 is 9.47 Å². The van der Waals surface area contributed by atoms with Gasteiger partial charge < -0.3 is 19.1 Å². The molecule has 2 fully saturated rings. The highest BCUT2D eigenvalue weighted by atomic mass is 16.5. The number of hydrogen-bond donors (Lipinski definition) is 0. The summed E-state index contributed by atoms with van der Waals surface area (Å²) in [6.07, 6.45) is 7.46. The van der Waals surface area contributed by atoms with Crippen LogP contribution in [-0.4, -0.2) is 58.8 Å². The molecule has 1 spiro atoms. The average Bonchev–Trinajstić information content (AvgIpc) is 2.72. The molecule has 7 heteroatoms. The Hall–Kier alpha value is -2.67. The molecule has 0 N–H and O–H groups in total. The molecule has 0 bridgehead atoms. The topological polar surface area (TPSA) is 73.8 Å². The molecule has 0 saturated carbocycles. The molecule has 30 heavy (non-hydrogen) atoms. The lowest BCUT2D eigenvalue weighted by atomic mass is 9.84. The minimum absolute atomic E-state index is 0.0350. The Bertz CT molecular complexity index is 942. The molecule has 1 atom stereocenters. The predicted octanol–water partition coefficient (Wildman–Crippen LogP) is 2.49. The number of ether oxygens (including phenoxy) is 3. The molecule has 4 heterocycles. The molecule has 158 valence electrons. The maximum Gasteiger partial charge on any atom is 0.232 e. The van der Waals surface area contributed by atoms with E-state index in [9.17, 15) is 4.79 Å². The number of carbonyl (C=O) groups excluding carboxylic acids is 1. The number of benzene rings is 1. The van der Waals surface area contributed by atoms with E-state index in [0.29, 0.717) is 32.0 Å². The number of hydrogen-bond acceptors (Lipinski definition) is 6. The van der Waals surface area contributed by atoms with Crippen molar-refractivity contribution in [3.05, 3.63) is 47.4 Å². The fraction of sp³-hybridized carbons (Fsp3) is 0.522. The number of aryl methyl sites for hydroxylation is 2. The van der Waals surface area contributed by atoms with Crippen LogP contribution in [0.15, 0.2) is 30.6 Å². The molecule has 1 amide bonds. The van der Waals surface area contributed by atoms with Gasteiger partial charge in [0.15, 0.2) is 0 Å². The largest absolute Gasteiger partial charge is 0.493 e. The molecule has 5 rings (SSSR count). The van der Waals surface area contributed by atoms with E-state index in [1.807, 2.05) is 24.0 Å². The number of rotatable bonds is 4. The Morgan fingerprint density at radius 2 is 2.20 bits per heavy atom. The van der Waals surface area contributed by atoms with Gasteiger partial charge in [-0.2, -0.15) is 0 Å².